The summed E-state index contributed by atoms with van der Waals surface area (Å²) in [7, 11) is 0. The minimum Gasteiger partial charge on any atom is -0.352 e. The van der Waals surface area contributed by atoms with Crippen molar-refractivity contribution in [2.75, 3.05) is 6.54 Å². The van der Waals surface area contributed by atoms with Gasteiger partial charge in [-0.1, -0.05) is 18.2 Å². The maximum atomic E-state index is 13.5. The lowest BCUT2D eigenvalue weighted by Crippen LogP contribution is -2.26. The quantitative estimate of drug-likeness (QED) is 0.805. The summed E-state index contributed by atoms with van der Waals surface area (Å²) in [5, 5.41) is 2.81. The summed E-state index contributed by atoms with van der Waals surface area (Å²) < 4.78 is 15.3. The first-order chi connectivity index (χ1) is 10.6. The van der Waals surface area contributed by atoms with Crippen molar-refractivity contribution in [1.82, 2.24) is 14.7 Å². The van der Waals surface area contributed by atoms with Crippen LogP contribution in [0, 0.1) is 12.7 Å². The Labute approximate surface area is 127 Å². The van der Waals surface area contributed by atoms with E-state index in [9.17, 15) is 9.18 Å². The molecule has 0 bridgehead atoms. The highest BCUT2D eigenvalue weighted by Gasteiger charge is 2.08. The number of aryl methyl sites for hydroxylation is 1. The van der Waals surface area contributed by atoms with Crippen molar-refractivity contribution in [2.24, 2.45) is 0 Å². The van der Waals surface area contributed by atoms with Gasteiger partial charge < -0.3 is 9.72 Å². The molecule has 4 nitrogen and oxygen atoms in total. The molecule has 0 saturated heterocycles. The number of nitrogens with one attached hydrogen (secondary N) is 1. The van der Waals surface area contributed by atoms with Gasteiger partial charge in [0.25, 0.3) is 5.91 Å². The fourth-order valence-electron chi connectivity index (χ4n) is 2.37. The lowest BCUT2D eigenvalue weighted by molar-refractivity contribution is 0.0953. The average Bonchev–Trinajstić information content (AvgIpc) is 2.88. The topological polar surface area (TPSA) is 46.4 Å². The van der Waals surface area contributed by atoms with E-state index in [0.29, 0.717) is 24.1 Å². The fraction of sp³-hybridized carbons (Fsp3) is 0.176. The van der Waals surface area contributed by atoms with Gasteiger partial charge in [-0.15, -0.1) is 0 Å². The van der Waals surface area contributed by atoms with Gasteiger partial charge in [-0.25, -0.2) is 9.37 Å². The highest BCUT2D eigenvalue weighted by atomic mass is 19.1. The molecule has 0 aliphatic heterocycles. The smallest absolute Gasteiger partial charge is 0.252 e. The van der Waals surface area contributed by atoms with Crippen LogP contribution < -0.4 is 5.32 Å². The molecular formula is C17H16FN3O. The maximum Gasteiger partial charge on any atom is 0.252 e. The van der Waals surface area contributed by atoms with Gasteiger partial charge in [0.1, 0.15) is 11.5 Å². The molecule has 3 aromatic rings. The second-order valence-electron chi connectivity index (χ2n) is 5.16. The number of halogens is 1. The number of hydrogen-bond donors (Lipinski definition) is 1. The first kappa shape index (κ1) is 14.3. The third kappa shape index (κ3) is 2.98. The Bertz CT molecular complexity index is 826. The van der Waals surface area contributed by atoms with Crippen molar-refractivity contribution in [3.8, 4) is 0 Å². The molecule has 0 aliphatic carbocycles. The van der Waals surface area contributed by atoms with Crippen molar-refractivity contribution >= 4 is 11.6 Å². The van der Waals surface area contributed by atoms with E-state index in [1.165, 1.54) is 6.07 Å². The summed E-state index contributed by atoms with van der Waals surface area (Å²) in [5.74, 6) is -0.420. The van der Waals surface area contributed by atoms with Crippen molar-refractivity contribution in [3.05, 3.63) is 71.4 Å². The van der Waals surface area contributed by atoms with Crippen LogP contribution in [0.3, 0.4) is 0 Å². The van der Waals surface area contributed by atoms with Gasteiger partial charge in [0.15, 0.2) is 0 Å². The van der Waals surface area contributed by atoms with Crippen LogP contribution in [0.15, 0.2) is 48.8 Å². The third-order valence-electron chi connectivity index (χ3n) is 3.47. The van der Waals surface area contributed by atoms with Crippen LogP contribution in [0.1, 0.15) is 21.6 Å². The van der Waals surface area contributed by atoms with E-state index >= 15 is 0 Å². The largest absolute Gasteiger partial charge is 0.352 e. The monoisotopic (exact) mass is 297 g/mol. The Kier molecular flexibility index (Phi) is 3.87. The normalized spacial score (nSPS) is 10.8. The molecule has 0 atom stereocenters. The van der Waals surface area contributed by atoms with Crippen molar-refractivity contribution in [1.29, 1.82) is 0 Å². The second-order valence-corrected chi connectivity index (χ2v) is 5.16. The molecule has 2 heterocycles. The third-order valence-corrected chi connectivity index (χ3v) is 3.47. The molecule has 1 aromatic carbocycles. The number of imidazole rings is 1. The minimum absolute atomic E-state index is 0.176. The SMILES string of the molecule is Cc1cn2cc(C(=O)NCCc3ccccc3F)ccc2n1. The van der Waals surface area contributed by atoms with Gasteiger partial charge in [-0.2, -0.15) is 0 Å². The Morgan fingerprint density at radius 1 is 1.23 bits per heavy atom. The fourth-order valence-corrected chi connectivity index (χ4v) is 2.37. The number of amides is 1. The molecule has 112 valence electrons. The van der Waals surface area contributed by atoms with E-state index in [1.54, 1.807) is 36.5 Å². The molecule has 5 heteroatoms. The number of benzene rings is 1. The minimum atomic E-state index is -0.243. The van der Waals surface area contributed by atoms with Crippen LogP contribution >= 0.6 is 0 Å². The maximum absolute atomic E-state index is 13.5. The van der Waals surface area contributed by atoms with Gasteiger partial charge >= 0.3 is 0 Å². The van der Waals surface area contributed by atoms with Crippen LogP contribution in [0.2, 0.25) is 0 Å². The lowest BCUT2D eigenvalue weighted by Gasteiger charge is -2.06. The van der Waals surface area contributed by atoms with E-state index in [2.05, 4.69) is 10.3 Å². The second kappa shape index (κ2) is 5.97. The van der Waals surface area contributed by atoms with Gasteiger partial charge in [0.2, 0.25) is 0 Å². The Balaban J connectivity index is 1.64. The summed E-state index contributed by atoms with van der Waals surface area (Å²) in [6.07, 6.45) is 4.07. The molecule has 3 rings (SSSR count). The average molecular weight is 297 g/mol. The van der Waals surface area contributed by atoms with E-state index < -0.39 is 0 Å². The van der Waals surface area contributed by atoms with Crippen LogP contribution in [0.4, 0.5) is 4.39 Å². The summed E-state index contributed by atoms with van der Waals surface area (Å²) >= 11 is 0. The number of carbonyl (C=O) groups excluding carboxylic acids is 1. The number of nitrogens with zero attached hydrogens (tertiary/aromatic N) is 2. The van der Waals surface area contributed by atoms with Crippen molar-refractivity contribution in [3.63, 3.8) is 0 Å². The lowest BCUT2D eigenvalue weighted by atomic mass is 10.1. The van der Waals surface area contributed by atoms with E-state index in [0.717, 1.165) is 11.3 Å². The summed E-state index contributed by atoms with van der Waals surface area (Å²) in [6, 6.07) is 10.1. The number of pyridine rings is 1. The Morgan fingerprint density at radius 3 is 2.86 bits per heavy atom. The molecule has 1 amide bonds. The predicted molar refractivity (Wildman–Crippen MR) is 82.4 cm³/mol. The van der Waals surface area contributed by atoms with Gasteiger partial charge in [0, 0.05) is 18.9 Å². The summed E-state index contributed by atoms with van der Waals surface area (Å²) in [4.78, 5) is 16.4. The molecule has 22 heavy (non-hydrogen) atoms. The number of carbonyl (C=O) groups is 1. The van der Waals surface area contributed by atoms with Crippen LogP contribution in [-0.2, 0) is 6.42 Å². The molecule has 0 aliphatic rings. The predicted octanol–water partition coefficient (Wildman–Crippen LogP) is 2.75. The number of aromatic nitrogens is 2. The zero-order chi connectivity index (χ0) is 15.5. The van der Waals surface area contributed by atoms with E-state index in [-0.39, 0.29) is 11.7 Å². The van der Waals surface area contributed by atoms with E-state index in [1.807, 2.05) is 17.5 Å². The highest BCUT2D eigenvalue weighted by molar-refractivity contribution is 5.94. The molecule has 0 fully saturated rings. The van der Waals surface area contributed by atoms with Crippen LogP contribution in [-0.4, -0.2) is 21.8 Å². The standard InChI is InChI=1S/C17H16FN3O/c1-12-10-21-11-14(6-7-16(21)20-12)17(22)19-9-8-13-4-2-3-5-15(13)18/h2-7,10-11H,8-9H2,1H3,(H,19,22). The van der Waals surface area contributed by atoms with Crippen molar-refractivity contribution < 1.29 is 9.18 Å². The van der Waals surface area contributed by atoms with Gasteiger partial charge in [-0.3, -0.25) is 4.79 Å². The van der Waals surface area contributed by atoms with Gasteiger partial charge in [0.05, 0.1) is 11.3 Å². The Hall–Kier alpha value is -2.69. The first-order valence-electron chi connectivity index (χ1n) is 7.10. The van der Waals surface area contributed by atoms with Gasteiger partial charge in [-0.05, 0) is 37.1 Å². The zero-order valence-corrected chi connectivity index (χ0v) is 12.2. The van der Waals surface area contributed by atoms with Crippen LogP contribution in [0.25, 0.3) is 5.65 Å². The summed E-state index contributed by atoms with van der Waals surface area (Å²) in [6.45, 7) is 2.29. The summed E-state index contributed by atoms with van der Waals surface area (Å²) in [5.41, 5.74) is 2.86. The molecular weight excluding hydrogens is 281 g/mol. The Morgan fingerprint density at radius 2 is 2.05 bits per heavy atom. The number of hydrogen-bond acceptors (Lipinski definition) is 2. The van der Waals surface area contributed by atoms with Crippen LogP contribution in [0.5, 0.6) is 0 Å². The van der Waals surface area contributed by atoms with E-state index in [4.69, 9.17) is 0 Å². The molecule has 0 radical (unpaired) electrons. The zero-order valence-electron chi connectivity index (χ0n) is 12.2. The van der Waals surface area contributed by atoms with Crippen molar-refractivity contribution in [2.45, 2.75) is 13.3 Å². The molecule has 0 spiro atoms. The molecule has 0 unspecified atom stereocenters. The highest BCUT2D eigenvalue weighted by Crippen LogP contribution is 2.08. The number of rotatable bonds is 4. The first-order valence-corrected chi connectivity index (χ1v) is 7.10. The number of fused-ring (bicyclic) bond motifs is 1. The molecule has 0 saturated carbocycles. The molecule has 2 aromatic heterocycles. The molecule has 1 N–H and O–H groups in total.